The van der Waals surface area contributed by atoms with Crippen molar-refractivity contribution in [2.75, 3.05) is 19.1 Å². The molecular weight excluding hydrogens is 719 g/mol. The molecule has 2 N–H and O–H groups in total. The quantitative estimate of drug-likeness (QED) is 0.141. The Morgan fingerprint density at radius 1 is 0.925 bits per heavy atom. The number of rotatable bonds is 14. The van der Waals surface area contributed by atoms with E-state index < -0.39 is 82.6 Å². The lowest BCUT2D eigenvalue weighted by Crippen LogP contribution is -2.48. The third-order valence-corrected chi connectivity index (χ3v) is 8.83. The summed E-state index contributed by atoms with van der Waals surface area (Å²) in [7, 11) is 0. The van der Waals surface area contributed by atoms with Gasteiger partial charge in [0.05, 0.1) is 5.41 Å². The molecule has 0 aromatic heterocycles. The van der Waals surface area contributed by atoms with Crippen LogP contribution in [0.4, 0.5) is 18.0 Å². The van der Waals surface area contributed by atoms with Crippen molar-refractivity contribution in [2.24, 2.45) is 11.3 Å². The fourth-order valence-corrected chi connectivity index (χ4v) is 6.07. The summed E-state index contributed by atoms with van der Waals surface area (Å²) in [5.74, 6) is -5.34. The minimum absolute atomic E-state index is 0.102. The van der Waals surface area contributed by atoms with Gasteiger partial charge in [0.2, 0.25) is 12.7 Å². The molecular formula is C37H48F3N3O9S. The van der Waals surface area contributed by atoms with Gasteiger partial charge in [0, 0.05) is 43.3 Å². The highest BCUT2D eigenvalue weighted by atomic mass is 32.2. The van der Waals surface area contributed by atoms with Gasteiger partial charge >= 0.3 is 18.0 Å². The number of thioether (sulfide) groups is 1. The molecule has 16 heteroatoms. The molecule has 1 saturated heterocycles. The largest absolute Gasteiger partial charge is 0.478 e. The zero-order chi connectivity index (χ0) is 39.7. The van der Waals surface area contributed by atoms with E-state index in [1.807, 2.05) is 0 Å². The maximum atomic E-state index is 14.5. The molecule has 0 bridgehead atoms. The van der Waals surface area contributed by atoms with Crippen molar-refractivity contribution in [1.29, 1.82) is 0 Å². The first-order valence-corrected chi connectivity index (χ1v) is 18.1. The van der Waals surface area contributed by atoms with Gasteiger partial charge in [-0.1, -0.05) is 26.0 Å². The Balaban J connectivity index is 1.60. The topological polar surface area (TPSA) is 150 Å². The summed E-state index contributed by atoms with van der Waals surface area (Å²) < 4.78 is 63.3. The summed E-state index contributed by atoms with van der Waals surface area (Å²) in [6, 6.07) is 6.62. The van der Waals surface area contributed by atoms with Crippen LogP contribution in [-0.2, 0) is 46.4 Å². The Morgan fingerprint density at radius 2 is 1.57 bits per heavy atom. The maximum Gasteiger partial charge on any atom is 0.407 e. The highest BCUT2D eigenvalue weighted by molar-refractivity contribution is 8.00. The summed E-state index contributed by atoms with van der Waals surface area (Å²) in [6.07, 6.45) is -2.60. The van der Waals surface area contributed by atoms with Crippen LogP contribution in [0.25, 0.3) is 0 Å². The number of halogens is 3. The molecule has 3 rings (SSSR count). The van der Waals surface area contributed by atoms with E-state index in [0.29, 0.717) is 29.2 Å². The van der Waals surface area contributed by atoms with Crippen molar-refractivity contribution in [3.05, 3.63) is 65.0 Å². The minimum Gasteiger partial charge on any atom is -0.478 e. The van der Waals surface area contributed by atoms with Gasteiger partial charge < -0.3 is 34.5 Å². The van der Waals surface area contributed by atoms with E-state index in [0.717, 1.165) is 0 Å². The number of carbonyl (C=O) groups excluding carboxylic acids is 5. The van der Waals surface area contributed by atoms with Crippen molar-refractivity contribution in [2.45, 2.75) is 97.9 Å². The predicted molar refractivity (Wildman–Crippen MR) is 190 cm³/mol. The molecule has 0 spiro atoms. The molecule has 12 nitrogen and oxygen atoms in total. The fraction of sp³-hybridized carbons (Fsp3) is 0.541. The van der Waals surface area contributed by atoms with Gasteiger partial charge in [-0.05, 0) is 77.3 Å². The van der Waals surface area contributed by atoms with Crippen molar-refractivity contribution in [3.63, 3.8) is 0 Å². The van der Waals surface area contributed by atoms with Crippen molar-refractivity contribution in [1.82, 2.24) is 15.5 Å². The number of alkyl carbamates (subject to hydrolysis) is 1. The number of nitrogens with zero attached hydrogens (tertiary/aromatic N) is 1. The third kappa shape index (κ3) is 13.5. The highest BCUT2D eigenvalue weighted by Gasteiger charge is 2.36. The Labute approximate surface area is 311 Å². The molecule has 0 radical (unpaired) electrons. The Bertz CT molecular complexity index is 1630. The van der Waals surface area contributed by atoms with Gasteiger partial charge in [0.1, 0.15) is 17.2 Å². The Kier molecular flexibility index (Phi) is 15.0. The summed E-state index contributed by atoms with van der Waals surface area (Å²) in [6.45, 7) is 13.3. The standard InChI is InChI=1S/C37H48F3N3O9S/c1-21(2)30(33(46)49-20-50-34(47)36(3,4)5)51-25-11-9-22(10-12-25)19-41-31(45)32-43(13-14-53-32)29(44)17-24(42-35(48)52-37(6,7)8)15-23-16-27(39)28(40)18-26(23)38/h9-12,16,18,21,24,30,32H,13-15,17,19-20H2,1-8H3,(H,41,45)(H,42,48)/t24-,30?,32?/m1/s1. The molecule has 0 saturated carbocycles. The van der Waals surface area contributed by atoms with Crippen LogP contribution in [-0.4, -0.2) is 77.0 Å². The highest BCUT2D eigenvalue weighted by Crippen LogP contribution is 2.26. The second-order valence-electron chi connectivity index (χ2n) is 14.8. The first-order chi connectivity index (χ1) is 24.6. The maximum absolute atomic E-state index is 14.5. The molecule has 53 heavy (non-hydrogen) atoms. The van der Waals surface area contributed by atoms with Gasteiger partial charge in [-0.25, -0.2) is 22.8 Å². The summed E-state index contributed by atoms with van der Waals surface area (Å²) in [5, 5.41) is 4.44. The zero-order valence-electron chi connectivity index (χ0n) is 31.2. The van der Waals surface area contributed by atoms with Crippen LogP contribution in [0.1, 0.15) is 72.9 Å². The molecule has 1 aliphatic heterocycles. The SMILES string of the molecule is CC(C)C(Oc1ccc(CNC(=O)C2SCCN2C(=O)C[C@@H](Cc2cc(F)c(F)cc2F)NC(=O)OC(C)(C)C)cc1)C(=O)OCOC(=O)C(C)(C)C. The zero-order valence-corrected chi connectivity index (χ0v) is 32.0. The van der Waals surface area contributed by atoms with Crippen molar-refractivity contribution in [3.8, 4) is 5.75 Å². The van der Waals surface area contributed by atoms with E-state index in [2.05, 4.69) is 10.6 Å². The van der Waals surface area contributed by atoms with Gasteiger partial charge in [0.15, 0.2) is 23.1 Å². The second-order valence-corrected chi connectivity index (χ2v) is 16.0. The van der Waals surface area contributed by atoms with Crippen LogP contribution >= 0.6 is 11.8 Å². The van der Waals surface area contributed by atoms with E-state index in [9.17, 15) is 37.1 Å². The molecule has 3 amide bonds. The number of nitrogens with one attached hydrogen (secondary N) is 2. The van der Waals surface area contributed by atoms with Crippen LogP contribution in [0, 0.1) is 28.8 Å². The molecule has 3 atom stereocenters. The van der Waals surface area contributed by atoms with Gasteiger partial charge in [-0.3, -0.25) is 14.4 Å². The first-order valence-electron chi connectivity index (χ1n) is 17.1. The molecule has 2 unspecified atom stereocenters. The number of benzene rings is 2. The van der Waals surface area contributed by atoms with Crippen LogP contribution < -0.4 is 15.4 Å². The van der Waals surface area contributed by atoms with Crippen LogP contribution in [0.15, 0.2) is 36.4 Å². The van der Waals surface area contributed by atoms with Crippen molar-refractivity contribution < 1.29 is 56.1 Å². The molecule has 2 aromatic rings. The third-order valence-electron chi connectivity index (χ3n) is 7.63. The Morgan fingerprint density at radius 3 is 2.17 bits per heavy atom. The lowest BCUT2D eigenvalue weighted by atomic mass is 9.98. The lowest BCUT2D eigenvalue weighted by Gasteiger charge is -2.27. The molecule has 292 valence electrons. The fourth-order valence-electron chi connectivity index (χ4n) is 4.91. The minimum atomic E-state index is -1.37. The van der Waals surface area contributed by atoms with Crippen LogP contribution in [0.5, 0.6) is 5.75 Å². The molecule has 2 aromatic carbocycles. The number of carbonyl (C=O) groups is 5. The number of esters is 2. The van der Waals surface area contributed by atoms with Gasteiger partial charge in [0.25, 0.3) is 5.91 Å². The summed E-state index contributed by atoms with van der Waals surface area (Å²) >= 11 is 1.24. The summed E-state index contributed by atoms with van der Waals surface area (Å²) in [5.41, 5.74) is -1.19. The summed E-state index contributed by atoms with van der Waals surface area (Å²) in [4.78, 5) is 65.3. The molecule has 1 fully saturated rings. The normalized spacial score (nSPS) is 15.7. The van der Waals surface area contributed by atoms with Crippen molar-refractivity contribution >= 4 is 41.6 Å². The van der Waals surface area contributed by atoms with Crippen LogP contribution in [0.3, 0.4) is 0 Å². The average molecular weight is 768 g/mol. The van der Waals surface area contributed by atoms with E-state index in [1.54, 1.807) is 79.7 Å². The number of amides is 3. The first kappa shape index (κ1) is 42.9. The monoisotopic (exact) mass is 767 g/mol. The van der Waals surface area contributed by atoms with E-state index >= 15 is 0 Å². The Hall–Kier alpha value is -4.47. The van der Waals surface area contributed by atoms with E-state index in [1.165, 1.54) is 16.7 Å². The predicted octanol–water partition coefficient (Wildman–Crippen LogP) is 5.64. The molecule has 1 heterocycles. The number of hydrogen-bond donors (Lipinski definition) is 2. The number of hydrogen-bond acceptors (Lipinski definition) is 10. The second kappa shape index (κ2) is 18.5. The number of ether oxygens (including phenoxy) is 4. The average Bonchev–Trinajstić information content (AvgIpc) is 3.54. The lowest BCUT2D eigenvalue weighted by molar-refractivity contribution is -0.178. The van der Waals surface area contributed by atoms with Gasteiger partial charge in [-0.15, -0.1) is 11.8 Å². The van der Waals surface area contributed by atoms with Gasteiger partial charge in [-0.2, -0.15) is 0 Å². The van der Waals surface area contributed by atoms with Crippen LogP contribution in [0.2, 0.25) is 0 Å². The van der Waals surface area contributed by atoms with E-state index in [-0.39, 0.29) is 37.4 Å². The molecule has 1 aliphatic rings. The smallest absolute Gasteiger partial charge is 0.407 e. The molecule has 0 aliphatic carbocycles. The van der Waals surface area contributed by atoms with E-state index in [4.69, 9.17) is 18.9 Å².